The fraction of sp³-hybridized carbons (Fsp3) is 0.462. The first-order valence-electron chi connectivity index (χ1n) is 6.60. The van der Waals surface area contributed by atoms with Crippen LogP contribution in [0.3, 0.4) is 0 Å². The maximum Gasteiger partial charge on any atom is 0.229 e. The molecule has 1 aliphatic heterocycles. The molecule has 0 radical (unpaired) electrons. The Balaban J connectivity index is 1.65. The molecule has 0 unspecified atom stereocenters. The SMILES string of the molecule is CCc1cc(NC(=O)[C@H]2CCn3cncc3C2)n[nH]1. The Morgan fingerprint density at radius 2 is 2.53 bits per heavy atom. The lowest BCUT2D eigenvalue weighted by Crippen LogP contribution is -2.30. The highest BCUT2D eigenvalue weighted by Gasteiger charge is 2.25. The van der Waals surface area contributed by atoms with Crippen LogP contribution in [-0.2, 0) is 24.2 Å². The van der Waals surface area contributed by atoms with Crippen LogP contribution in [0.15, 0.2) is 18.6 Å². The highest BCUT2D eigenvalue weighted by atomic mass is 16.2. The van der Waals surface area contributed by atoms with Crippen LogP contribution in [0.5, 0.6) is 0 Å². The molecule has 2 N–H and O–H groups in total. The van der Waals surface area contributed by atoms with Crippen LogP contribution in [-0.4, -0.2) is 25.7 Å². The van der Waals surface area contributed by atoms with E-state index >= 15 is 0 Å². The number of hydrogen-bond donors (Lipinski definition) is 2. The molecule has 2 aromatic rings. The van der Waals surface area contributed by atoms with Gasteiger partial charge < -0.3 is 9.88 Å². The maximum atomic E-state index is 12.2. The first kappa shape index (κ1) is 12.0. The van der Waals surface area contributed by atoms with Crippen LogP contribution in [0.4, 0.5) is 5.82 Å². The van der Waals surface area contributed by atoms with E-state index in [1.165, 1.54) is 0 Å². The first-order valence-corrected chi connectivity index (χ1v) is 6.60. The number of amides is 1. The number of H-pyrrole nitrogens is 1. The lowest BCUT2D eigenvalue weighted by molar-refractivity contribution is -0.120. The van der Waals surface area contributed by atoms with E-state index in [1.54, 1.807) is 0 Å². The number of aromatic amines is 1. The zero-order valence-corrected chi connectivity index (χ0v) is 10.9. The number of nitrogens with zero attached hydrogens (tertiary/aromatic N) is 3. The molecule has 6 nitrogen and oxygen atoms in total. The van der Waals surface area contributed by atoms with Gasteiger partial charge in [-0.25, -0.2) is 4.98 Å². The molecule has 0 saturated carbocycles. The van der Waals surface area contributed by atoms with Crippen molar-refractivity contribution < 1.29 is 4.79 Å². The molecule has 3 heterocycles. The van der Waals surface area contributed by atoms with Crippen molar-refractivity contribution >= 4 is 11.7 Å². The summed E-state index contributed by atoms with van der Waals surface area (Å²) in [5.74, 6) is 0.661. The highest BCUT2D eigenvalue weighted by Crippen LogP contribution is 2.21. The molecule has 1 amide bonds. The van der Waals surface area contributed by atoms with Gasteiger partial charge in [-0.3, -0.25) is 9.89 Å². The number of anilines is 1. The Kier molecular flexibility index (Phi) is 3.06. The third-order valence-electron chi connectivity index (χ3n) is 3.61. The monoisotopic (exact) mass is 259 g/mol. The average molecular weight is 259 g/mol. The lowest BCUT2D eigenvalue weighted by Gasteiger charge is -2.22. The second-order valence-corrected chi connectivity index (χ2v) is 4.89. The summed E-state index contributed by atoms with van der Waals surface area (Å²) >= 11 is 0. The van der Waals surface area contributed by atoms with Crippen molar-refractivity contribution in [2.75, 3.05) is 5.32 Å². The summed E-state index contributed by atoms with van der Waals surface area (Å²) < 4.78 is 2.10. The van der Waals surface area contributed by atoms with Crippen molar-refractivity contribution in [1.82, 2.24) is 19.7 Å². The van der Waals surface area contributed by atoms with E-state index in [1.807, 2.05) is 25.5 Å². The molecule has 100 valence electrons. The Morgan fingerprint density at radius 3 is 3.32 bits per heavy atom. The van der Waals surface area contributed by atoms with E-state index in [2.05, 4.69) is 25.1 Å². The fourth-order valence-corrected chi connectivity index (χ4v) is 2.43. The minimum Gasteiger partial charge on any atom is -0.335 e. The second-order valence-electron chi connectivity index (χ2n) is 4.89. The standard InChI is InChI=1S/C13H17N5O/c1-2-10-6-12(17-16-10)15-13(19)9-3-4-18-8-14-7-11(18)5-9/h6-9H,2-5H2,1H3,(H2,15,16,17,19)/t9-/m0/s1. The van der Waals surface area contributed by atoms with Crippen molar-refractivity contribution in [3.05, 3.63) is 30.0 Å². The molecule has 0 spiro atoms. The topological polar surface area (TPSA) is 75.6 Å². The van der Waals surface area contributed by atoms with E-state index in [4.69, 9.17) is 0 Å². The summed E-state index contributed by atoms with van der Waals surface area (Å²) in [4.78, 5) is 16.3. The van der Waals surface area contributed by atoms with Gasteiger partial charge in [0.05, 0.1) is 6.33 Å². The molecule has 0 bridgehead atoms. The van der Waals surface area contributed by atoms with E-state index < -0.39 is 0 Å². The van der Waals surface area contributed by atoms with Crippen molar-refractivity contribution in [2.45, 2.75) is 32.7 Å². The first-order chi connectivity index (χ1) is 9.26. The number of carbonyl (C=O) groups excluding carboxylic acids is 1. The number of nitrogens with one attached hydrogen (secondary N) is 2. The van der Waals surface area contributed by atoms with Crippen LogP contribution in [0.2, 0.25) is 0 Å². The molecule has 2 aromatic heterocycles. The second kappa shape index (κ2) is 4.87. The molecule has 0 aliphatic carbocycles. The number of carbonyl (C=O) groups is 1. The predicted octanol–water partition coefficient (Wildman–Crippen LogP) is 1.37. The van der Waals surface area contributed by atoms with Gasteiger partial charge in [0.1, 0.15) is 0 Å². The quantitative estimate of drug-likeness (QED) is 0.874. The fourth-order valence-electron chi connectivity index (χ4n) is 2.43. The van der Waals surface area contributed by atoms with Crippen LogP contribution in [0, 0.1) is 5.92 Å². The molecule has 0 saturated heterocycles. The van der Waals surface area contributed by atoms with Gasteiger partial charge in [0.25, 0.3) is 0 Å². The Bertz CT molecular complexity index is 585. The lowest BCUT2D eigenvalue weighted by atomic mass is 9.95. The molecular weight excluding hydrogens is 242 g/mol. The van der Waals surface area contributed by atoms with Gasteiger partial charge in [-0.15, -0.1) is 0 Å². The summed E-state index contributed by atoms with van der Waals surface area (Å²) in [6.07, 6.45) is 6.14. The molecule has 1 atom stereocenters. The van der Waals surface area contributed by atoms with Gasteiger partial charge in [-0.05, 0) is 12.8 Å². The zero-order chi connectivity index (χ0) is 13.2. The Labute approximate surface area is 111 Å². The molecule has 1 aliphatic rings. The van der Waals surface area contributed by atoms with Crippen molar-refractivity contribution in [2.24, 2.45) is 5.92 Å². The number of aryl methyl sites for hydroxylation is 2. The minimum absolute atomic E-state index is 0.00553. The maximum absolute atomic E-state index is 12.2. The summed E-state index contributed by atoms with van der Waals surface area (Å²) in [7, 11) is 0. The average Bonchev–Trinajstić information content (AvgIpc) is 3.05. The Hall–Kier alpha value is -2.11. The van der Waals surface area contributed by atoms with Gasteiger partial charge >= 0.3 is 0 Å². The minimum atomic E-state index is 0.00553. The molecule has 3 rings (SSSR count). The molecule has 0 fully saturated rings. The largest absolute Gasteiger partial charge is 0.335 e. The molecule has 0 aromatic carbocycles. The van der Waals surface area contributed by atoms with Gasteiger partial charge in [-0.2, -0.15) is 5.10 Å². The summed E-state index contributed by atoms with van der Waals surface area (Å²) in [5.41, 5.74) is 2.15. The normalized spacial score (nSPS) is 18.1. The van der Waals surface area contributed by atoms with E-state index in [0.717, 1.165) is 37.2 Å². The summed E-state index contributed by atoms with van der Waals surface area (Å²) in [5, 5.41) is 9.86. The molecule has 6 heteroatoms. The highest BCUT2D eigenvalue weighted by molar-refractivity contribution is 5.91. The number of aromatic nitrogens is 4. The van der Waals surface area contributed by atoms with Crippen molar-refractivity contribution in [1.29, 1.82) is 0 Å². The van der Waals surface area contributed by atoms with E-state index in [-0.39, 0.29) is 11.8 Å². The van der Waals surface area contributed by atoms with Crippen LogP contribution in [0.25, 0.3) is 0 Å². The number of fused-ring (bicyclic) bond motifs is 1. The predicted molar refractivity (Wildman–Crippen MR) is 70.6 cm³/mol. The van der Waals surface area contributed by atoms with Crippen LogP contribution >= 0.6 is 0 Å². The van der Waals surface area contributed by atoms with E-state index in [0.29, 0.717) is 5.82 Å². The third kappa shape index (κ3) is 2.38. The van der Waals surface area contributed by atoms with Gasteiger partial charge in [0, 0.05) is 42.5 Å². The van der Waals surface area contributed by atoms with Crippen LogP contribution in [0.1, 0.15) is 24.7 Å². The Morgan fingerprint density at radius 1 is 1.63 bits per heavy atom. The molecular formula is C13H17N5O. The zero-order valence-electron chi connectivity index (χ0n) is 10.9. The smallest absolute Gasteiger partial charge is 0.229 e. The van der Waals surface area contributed by atoms with Crippen molar-refractivity contribution in [3.63, 3.8) is 0 Å². The van der Waals surface area contributed by atoms with Crippen molar-refractivity contribution in [3.8, 4) is 0 Å². The van der Waals surface area contributed by atoms with Crippen LogP contribution < -0.4 is 5.32 Å². The number of rotatable bonds is 3. The van der Waals surface area contributed by atoms with Gasteiger partial charge in [-0.1, -0.05) is 6.92 Å². The number of hydrogen-bond acceptors (Lipinski definition) is 3. The third-order valence-corrected chi connectivity index (χ3v) is 3.61. The summed E-state index contributed by atoms with van der Waals surface area (Å²) in [6.45, 7) is 2.90. The molecule has 19 heavy (non-hydrogen) atoms. The van der Waals surface area contributed by atoms with E-state index in [9.17, 15) is 4.79 Å². The summed E-state index contributed by atoms with van der Waals surface area (Å²) in [6, 6.07) is 1.88. The van der Waals surface area contributed by atoms with Gasteiger partial charge in [0.15, 0.2) is 5.82 Å². The number of imidazole rings is 1. The van der Waals surface area contributed by atoms with Gasteiger partial charge in [0.2, 0.25) is 5.91 Å².